The Morgan fingerprint density at radius 2 is 2.05 bits per heavy atom. The maximum atomic E-state index is 12.5. The van der Waals surface area contributed by atoms with Crippen LogP contribution in [0.4, 0.5) is 0 Å². The summed E-state index contributed by atoms with van der Waals surface area (Å²) in [5.74, 6) is 1.27. The van der Waals surface area contributed by atoms with Crippen LogP contribution in [-0.4, -0.2) is 40.1 Å². The molecule has 0 spiro atoms. The van der Waals surface area contributed by atoms with Crippen molar-refractivity contribution >= 4 is 5.91 Å². The third-order valence-electron chi connectivity index (χ3n) is 3.31. The molecule has 1 unspecified atom stereocenters. The van der Waals surface area contributed by atoms with E-state index >= 15 is 0 Å². The number of aromatic nitrogens is 3. The number of carbonyl (C=O) groups excluding carboxylic acids is 1. The molecule has 112 valence electrons. The van der Waals surface area contributed by atoms with Crippen LogP contribution in [0.3, 0.4) is 0 Å². The zero-order valence-electron chi connectivity index (χ0n) is 12.8. The summed E-state index contributed by atoms with van der Waals surface area (Å²) in [4.78, 5) is 18.6. The molecule has 0 aliphatic rings. The van der Waals surface area contributed by atoms with Crippen LogP contribution in [0.5, 0.6) is 0 Å². The molecule has 1 heterocycles. The second kappa shape index (κ2) is 6.49. The van der Waals surface area contributed by atoms with Gasteiger partial charge in [0, 0.05) is 0 Å². The van der Waals surface area contributed by atoms with E-state index < -0.39 is 0 Å². The fourth-order valence-corrected chi connectivity index (χ4v) is 2.28. The molecule has 2 N–H and O–H groups in total. The quantitative estimate of drug-likeness (QED) is 0.870. The van der Waals surface area contributed by atoms with Gasteiger partial charge < -0.3 is 5.32 Å². The smallest absolute Gasteiger partial charge is 0.242 e. The lowest BCUT2D eigenvalue weighted by Crippen LogP contribution is -2.37. The molecule has 0 aliphatic carbocycles. The number of hydrogen-bond acceptors (Lipinski definition) is 4. The summed E-state index contributed by atoms with van der Waals surface area (Å²) in [7, 11) is 3.79. The molecular weight excluding hydrogens is 266 g/mol. The average molecular weight is 287 g/mol. The zero-order valence-corrected chi connectivity index (χ0v) is 12.8. The Hall–Kier alpha value is -2.21. The van der Waals surface area contributed by atoms with E-state index in [1.807, 2.05) is 57.1 Å². The van der Waals surface area contributed by atoms with Crippen LogP contribution in [0.25, 0.3) is 0 Å². The molecule has 0 aliphatic heterocycles. The number of carbonyl (C=O) groups is 1. The standard InChI is InChI=1S/C15H21N5O/c1-10-7-5-6-8-12(10)14(20(3)4)15(21)16-9-13-17-11(2)18-19-13/h5-8,14H,9H2,1-4H3,(H,16,21)(H,17,18,19). The average Bonchev–Trinajstić information content (AvgIpc) is 2.84. The first-order valence-corrected chi connectivity index (χ1v) is 6.86. The normalized spacial score (nSPS) is 12.4. The molecule has 2 aromatic rings. The highest BCUT2D eigenvalue weighted by Crippen LogP contribution is 2.21. The summed E-state index contributed by atoms with van der Waals surface area (Å²) in [5.41, 5.74) is 2.10. The van der Waals surface area contributed by atoms with Gasteiger partial charge in [0.15, 0.2) is 5.82 Å². The van der Waals surface area contributed by atoms with Crippen LogP contribution < -0.4 is 5.32 Å². The van der Waals surface area contributed by atoms with Gasteiger partial charge in [-0.2, -0.15) is 5.10 Å². The Balaban J connectivity index is 2.11. The molecule has 21 heavy (non-hydrogen) atoms. The number of nitrogens with zero attached hydrogens (tertiary/aromatic N) is 3. The molecule has 1 atom stereocenters. The predicted molar refractivity (Wildman–Crippen MR) is 80.6 cm³/mol. The SMILES string of the molecule is Cc1nc(CNC(=O)C(c2ccccc2C)N(C)C)n[nH]1. The highest BCUT2D eigenvalue weighted by Gasteiger charge is 2.24. The minimum atomic E-state index is -0.328. The minimum Gasteiger partial charge on any atom is -0.347 e. The van der Waals surface area contributed by atoms with Gasteiger partial charge in [0.05, 0.1) is 6.54 Å². The largest absolute Gasteiger partial charge is 0.347 e. The molecule has 1 amide bonds. The summed E-state index contributed by atoms with van der Waals surface area (Å²) < 4.78 is 0. The highest BCUT2D eigenvalue weighted by molar-refractivity contribution is 5.83. The topological polar surface area (TPSA) is 73.9 Å². The van der Waals surface area contributed by atoms with Gasteiger partial charge in [-0.1, -0.05) is 24.3 Å². The third-order valence-corrected chi connectivity index (χ3v) is 3.31. The van der Waals surface area contributed by atoms with E-state index in [9.17, 15) is 4.79 Å². The van der Waals surface area contributed by atoms with E-state index in [2.05, 4.69) is 20.5 Å². The first-order chi connectivity index (χ1) is 9.99. The Kier molecular flexibility index (Phi) is 4.70. The van der Waals surface area contributed by atoms with Crippen molar-refractivity contribution in [2.45, 2.75) is 26.4 Å². The van der Waals surface area contributed by atoms with Crippen LogP contribution in [-0.2, 0) is 11.3 Å². The van der Waals surface area contributed by atoms with E-state index in [0.717, 1.165) is 17.0 Å². The molecule has 0 bridgehead atoms. The van der Waals surface area contributed by atoms with Crippen LogP contribution in [0.2, 0.25) is 0 Å². The van der Waals surface area contributed by atoms with E-state index in [4.69, 9.17) is 0 Å². The Bertz CT molecular complexity index is 620. The lowest BCUT2D eigenvalue weighted by molar-refractivity contribution is -0.126. The van der Waals surface area contributed by atoms with Gasteiger partial charge in [-0.05, 0) is 39.1 Å². The van der Waals surface area contributed by atoms with Crippen molar-refractivity contribution in [3.63, 3.8) is 0 Å². The fraction of sp³-hybridized carbons (Fsp3) is 0.400. The number of rotatable bonds is 5. The van der Waals surface area contributed by atoms with E-state index in [0.29, 0.717) is 12.4 Å². The van der Waals surface area contributed by atoms with Gasteiger partial charge in [-0.3, -0.25) is 14.8 Å². The Labute approximate surface area is 124 Å². The van der Waals surface area contributed by atoms with E-state index in [1.165, 1.54) is 0 Å². The number of benzene rings is 1. The summed E-state index contributed by atoms with van der Waals surface area (Å²) in [6.07, 6.45) is 0. The van der Waals surface area contributed by atoms with Crippen molar-refractivity contribution in [1.29, 1.82) is 0 Å². The zero-order chi connectivity index (χ0) is 15.4. The van der Waals surface area contributed by atoms with Gasteiger partial charge in [0.25, 0.3) is 0 Å². The number of aromatic amines is 1. The molecule has 0 saturated heterocycles. The highest BCUT2D eigenvalue weighted by atomic mass is 16.2. The maximum Gasteiger partial charge on any atom is 0.242 e. The summed E-state index contributed by atoms with van der Waals surface area (Å²) >= 11 is 0. The Morgan fingerprint density at radius 3 is 2.62 bits per heavy atom. The van der Waals surface area contributed by atoms with Crippen molar-refractivity contribution < 1.29 is 4.79 Å². The van der Waals surface area contributed by atoms with Crippen molar-refractivity contribution in [2.24, 2.45) is 0 Å². The third kappa shape index (κ3) is 3.66. The molecule has 0 radical (unpaired) electrons. The lowest BCUT2D eigenvalue weighted by atomic mass is 10.00. The minimum absolute atomic E-state index is 0.0586. The number of aryl methyl sites for hydroxylation is 2. The summed E-state index contributed by atoms with van der Waals surface area (Å²) in [6, 6.07) is 7.59. The molecule has 2 rings (SSSR count). The molecule has 6 nitrogen and oxygen atoms in total. The lowest BCUT2D eigenvalue weighted by Gasteiger charge is -2.25. The van der Waals surface area contributed by atoms with Crippen LogP contribution >= 0.6 is 0 Å². The predicted octanol–water partition coefficient (Wildman–Crippen LogP) is 1.34. The second-order valence-electron chi connectivity index (χ2n) is 5.28. The van der Waals surface area contributed by atoms with Crippen molar-refractivity contribution in [1.82, 2.24) is 25.4 Å². The molecule has 1 aromatic heterocycles. The first-order valence-electron chi connectivity index (χ1n) is 6.86. The van der Waals surface area contributed by atoms with Gasteiger partial charge in [-0.15, -0.1) is 0 Å². The van der Waals surface area contributed by atoms with E-state index in [-0.39, 0.29) is 11.9 Å². The van der Waals surface area contributed by atoms with Gasteiger partial charge in [0.2, 0.25) is 5.91 Å². The van der Waals surface area contributed by atoms with Gasteiger partial charge in [0.1, 0.15) is 11.9 Å². The second-order valence-corrected chi connectivity index (χ2v) is 5.28. The first kappa shape index (κ1) is 15.2. The monoisotopic (exact) mass is 287 g/mol. The number of likely N-dealkylation sites (N-methyl/N-ethyl adjacent to an activating group) is 1. The number of H-pyrrole nitrogens is 1. The number of nitrogens with one attached hydrogen (secondary N) is 2. The van der Waals surface area contributed by atoms with Crippen LogP contribution in [0.1, 0.15) is 28.8 Å². The van der Waals surface area contributed by atoms with Gasteiger partial charge in [-0.25, -0.2) is 4.98 Å². The molecule has 0 fully saturated rings. The van der Waals surface area contributed by atoms with Crippen molar-refractivity contribution in [3.8, 4) is 0 Å². The Morgan fingerprint density at radius 1 is 1.33 bits per heavy atom. The van der Waals surface area contributed by atoms with Crippen LogP contribution in [0.15, 0.2) is 24.3 Å². The fourth-order valence-electron chi connectivity index (χ4n) is 2.28. The summed E-state index contributed by atoms with van der Waals surface area (Å²) in [6.45, 7) is 4.16. The molecule has 1 aromatic carbocycles. The maximum absolute atomic E-state index is 12.5. The number of hydrogen-bond donors (Lipinski definition) is 2. The molecule has 0 saturated carbocycles. The van der Waals surface area contributed by atoms with Crippen molar-refractivity contribution in [3.05, 3.63) is 47.0 Å². The number of amides is 1. The van der Waals surface area contributed by atoms with Crippen LogP contribution in [0, 0.1) is 13.8 Å². The van der Waals surface area contributed by atoms with E-state index in [1.54, 1.807) is 0 Å². The molecule has 6 heteroatoms. The van der Waals surface area contributed by atoms with Gasteiger partial charge >= 0.3 is 0 Å². The van der Waals surface area contributed by atoms with Crippen molar-refractivity contribution in [2.75, 3.05) is 14.1 Å². The summed E-state index contributed by atoms with van der Waals surface area (Å²) in [5, 5.41) is 9.67. The molecular formula is C15H21N5O.